The van der Waals surface area contributed by atoms with Crippen molar-refractivity contribution in [3.05, 3.63) is 127 Å². The highest BCUT2D eigenvalue weighted by Gasteiger charge is 2.29. The van der Waals surface area contributed by atoms with Crippen LogP contribution < -0.4 is 15.6 Å². The Balaban J connectivity index is 1.38. The molecule has 5 aromatic rings. The number of aryl methyl sites for hydroxylation is 2. The summed E-state index contributed by atoms with van der Waals surface area (Å²) in [5.41, 5.74) is 4.95. The number of hydrogen-bond donors (Lipinski definition) is 1. The van der Waals surface area contributed by atoms with Crippen molar-refractivity contribution < 1.29 is 19.1 Å². The lowest BCUT2D eigenvalue weighted by Crippen LogP contribution is -2.41. The molecule has 0 aliphatic carbocycles. The van der Waals surface area contributed by atoms with Crippen LogP contribution in [0.2, 0.25) is 10.0 Å². The fraction of sp³-hybridized carbons (Fsp3) is 0.229. The second kappa shape index (κ2) is 13.4. The third-order valence-corrected chi connectivity index (χ3v) is 8.92. The predicted octanol–water partition coefficient (Wildman–Crippen LogP) is 5.10. The number of carbonyl (C=O) groups is 3. The number of fused-ring (bicyclic) bond motifs is 3. The Morgan fingerprint density at radius 2 is 1.66 bits per heavy atom. The predicted molar refractivity (Wildman–Crippen MR) is 179 cm³/mol. The van der Waals surface area contributed by atoms with Crippen LogP contribution >= 0.6 is 23.2 Å². The zero-order chi connectivity index (χ0) is 33.2. The molecule has 1 aliphatic heterocycles. The minimum atomic E-state index is -0.228. The van der Waals surface area contributed by atoms with Crippen molar-refractivity contribution in [2.45, 2.75) is 32.7 Å². The second-order valence-corrected chi connectivity index (χ2v) is 12.2. The monoisotopic (exact) mass is 671 g/mol. The van der Waals surface area contributed by atoms with Gasteiger partial charge in [0.1, 0.15) is 18.0 Å². The number of nitrogens with one attached hydrogen (secondary N) is 1. The van der Waals surface area contributed by atoms with Crippen LogP contribution in [-0.2, 0) is 30.6 Å². The lowest BCUT2D eigenvalue weighted by molar-refractivity contribution is -0.118. The number of nitrogens with zero attached hydrogens (tertiary/aromatic N) is 4. The van der Waals surface area contributed by atoms with Gasteiger partial charge in [0.2, 0.25) is 0 Å². The molecule has 0 bridgehead atoms. The van der Waals surface area contributed by atoms with Gasteiger partial charge in [-0.25, -0.2) is 4.52 Å². The molecule has 0 spiro atoms. The van der Waals surface area contributed by atoms with Crippen molar-refractivity contribution in [2.24, 2.45) is 0 Å². The van der Waals surface area contributed by atoms with Crippen molar-refractivity contribution in [1.29, 1.82) is 0 Å². The summed E-state index contributed by atoms with van der Waals surface area (Å²) in [6.07, 6.45) is 3.31. The maximum absolute atomic E-state index is 14.3. The van der Waals surface area contributed by atoms with Crippen LogP contribution in [0.1, 0.15) is 50.0 Å². The topological polar surface area (TPSA) is 115 Å². The van der Waals surface area contributed by atoms with Crippen LogP contribution in [0.25, 0.3) is 11.3 Å². The van der Waals surface area contributed by atoms with Gasteiger partial charge in [-0.05, 0) is 86.3 Å². The van der Waals surface area contributed by atoms with E-state index in [1.54, 1.807) is 69.7 Å². The summed E-state index contributed by atoms with van der Waals surface area (Å²) in [5, 5.41) is 8.01. The minimum absolute atomic E-state index is 0.0180. The van der Waals surface area contributed by atoms with Crippen LogP contribution in [0, 0.1) is 0 Å². The minimum Gasteiger partial charge on any atom is -0.486 e. The summed E-state index contributed by atoms with van der Waals surface area (Å²) in [4.78, 5) is 52.9. The maximum atomic E-state index is 14.3. The van der Waals surface area contributed by atoms with Gasteiger partial charge < -0.3 is 15.0 Å². The summed E-state index contributed by atoms with van der Waals surface area (Å²) < 4.78 is 8.89. The quantitative estimate of drug-likeness (QED) is 0.233. The molecular formula is C35H31Cl2N5O5. The Morgan fingerprint density at radius 1 is 0.936 bits per heavy atom. The summed E-state index contributed by atoms with van der Waals surface area (Å²) in [6.45, 7) is 2.01. The standard InChI is InChI=1S/C35H31Cl2N5O5/c1-21(43)20-47-27-12-4-22(5-13-27)3-6-25-18-39-42-31-19-40(34(45)24-9-14-29(36)30(37)17-24)16-15-28(31)35(46)41(33(25)42)26-10-7-23(8-11-26)32(44)38-2/h4-5,7-14,17-18H,3,6,15-16,19-20H2,1-2H3,(H,38,44). The summed E-state index contributed by atoms with van der Waals surface area (Å²) in [7, 11) is 1.56. The molecule has 47 heavy (non-hydrogen) atoms. The number of aromatic nitrogens is 3. The number of ether oxygens (including phenoxy) is 1. The molecular weight excluding hydrogens is 641 g/mol. The first-order valence-electron chi connectivity index (χ1n) is 15.1. The molecule has 12 heteroatoms. The molecule has 1 N–H and O–H groups in total. The number of rotatable bonds is 9. The van der Waals surface area contributed by atoms with E-state index in [0.29, 0.717) is 70.3 Å². The van der Waals surface area contributed by atoms with E-state index in [1.165, 1.54) is 6.92 Å². The van der Waals surface area contributed by atoms with Gasteiger partial charge >= 0.3 is 0 Å². The number of Topliss-reactive ketones (excluding diaryl/α,β-unsaturated/α-hetero) is 1. The molecule has 0 unspecified atom stereocenters. The molecule has 0 fully saturated rings. The molecule has 2 amide bonds. The largest absolute Gasteiger partial charge is 0.486 e. The molecule has 10 nitrogen and oxygen atoms in total. The lowest BCUT2D eigenvalue weighted by Gasteiger charge is -2.30. The van der Waals surface area contributed by atoms with E-state index in [0.717, 1.165) is 11.1 Å². The van der Waals surface area contributed by atoms with Gasteiger partial charge in [-0.1, -0.05) is 35.3 Å². The Hall–Kier alpha value is -4.93. The first-order chi connectivity index (χ1) is 22.6. The third kappa shape index (κ3) is 6.52. The summed E-state index contributed by atoms with van der Waals surface area (Å²) >= 11 is 12.3. The van der Waals surface area contributed by atoms with E-state index in [4.69, 9.17) is 33.0 Å². The SMILES string of the molecule is CNC(=O)c1ccc(-n2c(=O)c3c(n4ncc(CCc5ccc(OCC(C)=O)cc5)c24)CN(C(=O)c2ccc(Cl)c(Cl)c2)CC3)cc1. The molecule has 3 heterocycles. The summed E-state index contributed by atoms with van der Waals surface area (Å²) in [6, 6.07) is 19.2. The first-order valence-corrected chi connectivity index (χ1v) is 15.8. The lowest BCUT2D eigenvalue weighted by atomic mass is 10.0. The average molecular weight is 673 g/mol. The van der Waals surface area contributed by atoms with Gasteiger partial charge in [-0.3, -0.25) is 23.7 Å². The number of hydrogen-bond acceptors (Lipinski definition) is 6. The van der Waals surface area contributed by atoms with Crippen LogP contribution in [0.4, 0.5) is 0 Å². The average Bonchev–Trinajstić information content (AvgIpc) is 3.51. The Kier molecular flexibility index (Phi) is 9.15. The van der Waals surface area contributed by atoms with Crippen LogP contribution in [0.15, 0.2) is 77.7 Å². The number of amides is 2. The number of ketones is 1. The number of benzene rings is 3. The summed E-state index contributed by atoms with van der Waals surface area (Å²) in [5.74, 6) is 0.106. The van der Waals surface area contributed by atoms with Gasteiger partial charge in [0, 0.05) is 35.8 Å². The van der Waals surface area contributed by atoms with E-state index in [-0.39, 0.29) is 41.3 Å². The van der Waals surface area contributed by atoms with Crippen LogP contribution in [0.5, 0.6) is 5.75 Å². The van der Waals surface area contributed by atoms with Crippen molar-refractivity contribution in [3.63, 3.8) is 0 Å². The molecule has 2 aromatic heterocycles. The normalized spacial score (nSPS) is 12.6. The Bertz CT molecular complexity index is 2070. The molecule has 0 saturated heterocycles. The van der Waals surface area contributed by atoms with E-state index >= 15 is 0 Å². The molecule has 6 rings (SSSR count). The van der Waals surface area contributed by atoms with Crippen molar-refractivity contribution in [3.8, 4) is 11.4 Å². The van der Waals surface area contributed by atoms with Gasteiger partial charge in [0.15, 0.2) is 5.78 Å². The van der Waals surface area contributed by atoms with Crippen molar-refractivity contribution in [1.82, 2.24) is 24.4 Å². The number of halogens is 2. The van der Waals surface area contributed by atoms with E-state index < -0.39 is 0 Å². The zero-order valence-electron chi connectivity index (χ0n) is 25.8. The fourth-order valence-electron chi connectivity index (χ4n) is 5.74. The first kappa shape index (κ1) is 32.0. The molecule has 0 saturated carbocycles. The fourth-order valence-corrected chi connectivity index (χ4v) is 6.04. The van der Waals surface area contributed by atoms with Crippen LogP contribution in [0.3, 0.4) is 0 Å². The van der Waals surface area contributed by atoms with Gasteiger partial charge in [0.05, 0.1) is 34.2 Å². The molecule has 1 aliphatic rings. The van der Waals surface area contributed by atoms with Crippen LogP contribution in [-0.4, -0.2) is 56.9 Å². The molecule has 0 atom stereocenters. The highest BCUT2D eigenvalue weighted by molar-refractivity contribution is 6.42. The van der Waals surface area contributed by atoms with Gasteiger partial charge in [-0.15, -0.1) is 0 Å². The van der Waals surface area contributed by atoms with E-state index in [2.05, 4.69) is 5.32 Å². The maximum Gasteiger partial charge on any atom is 0.261 e. The molecule has 0 radical (unpaired) electrons. The zero-order valence-corrected chi connectivity index (χ0v) is 27.3. The Labute approximate surface area is 280 Å². The van der Waals surface area contributed by atoms with Crippen molar-refractivity contribution in [2.75, 3.05) is 20.2 Å². The van der Waals surface area contributed by atoms with E-state index in [1.807, 2.05) is 24.3 Å². The van der Waals surface area contributed by atoms with Gasteiger partial charge in [-0.2, -0.15) is 5.10 Å². The highest BCUT2D eigenvalue weighted by Crippen LogP contribution is 2.27. The highest BCUT2D eigenvalue weighted by atomic mass is 35.5. The smallest absolute Gasteiger partial charge is 0.261 e. The molecule has 240 valence electrons. The van der Waals surface area contributed by atoms with Gasteiger partial charge in [0.25, 0.3) is 17.4 Å². The van der Waals surface area contributed by atoms with E-state index in [9.17, 15) is 19.2 Å². The van der Waals surface area contributed by atoms with Crippen molar-refractivity contribution >= 4 is 46.4 Å². The Morgan fingerprint density at radius 3 is 2.34 bits per heavy atom. The third-order valence-electron chi connectivity index (χ3n) is 8.18. The number of carbonyl (C=O) groups excluding carboxylic acids is 3. The molecule has 3 aromatic carbocycles. The second-order valence-electron chi connectivity index (χ2n) is 11.3.